The van der Waals surface area contributed by atoms with Gasteiger partial charge in [0.1, 0.15) is 5.69 Å². The Balaban J connectivity index is 1.65. The van der Waals surface area contributed by atoms with E-state index in [2.05, 4.69) is 15.5 Å². The standard InChI is InChI=1S/C17H19N3O3/c1-10-2-4-11(5-3-10)14-9-15(20-19-14)16(21)18-13-7-6-12(8-13)17(22)23/h2-5,9,12-13H,6-8H2,1H3,(H,18,21)(H,19,20)(H,22,23)/t12-,13+/m0/s1. The van der Waals surface area contributed by atoms with Crippen molar-refractivity contribution in [3.05, 3.63) is 41.6 Å². The number of carbonyl (C=O) groups is 2. The fraction of sp³-hybridized carbons (Fsp3) is 0.353. The lowest BCUT2D eigenvalue weighted by Crippen LogP contribution is -2.33. The minimum absolute atomic E-state index is 0.0882. The van der Waals surface area contributed by atoms with Crippen molar-refractivity contribution in [2.75, 3.05) is 0 Å². The van der Waals surface area contributed by atoms with Gasteiger partial charge in [-0.25, -0.2) is 0 Å². The first-order valence-electron chi connectivity index (χ1n) is 7.69. The van der Waals surface area contributed by atoms with Crippen LogP contribution < -0.4 is 5.32 Å². The Morgan fingerprint density at radius 1 is 1.26 bits per heavy atom. The molecule has 23 heavy (non-hydrogen) atoms. The molecule has 6 heteroatoms. The molecule has 1 fully saturated rings. The molecule has 1 aliphatic rings. The summed E-state index contributed by atoms with van der Waals surface area (Å²) in [5, 5.41) is 18.8. The summed E-state index contributed by atoms with van der Waals surface area (Å²) < 4.78 is 0. The fourth-order valence-electron chi connectivity index (χ4n) is 2.91. The molecule has 0 saturated heterocycles. The molecule has 1 amide bonds. The number of carbonyl (C=O) groups excluding carboxylic acids is 1. The van der Waals surface area contributed by atoms with Gasteiger partial charge in [-0.2, -0.15) is 5.10 Å². The number of nitrogens with zero attached hydrogens (tertiary/aromatic N) is 1. The molecule has 0 unspecified atom stereocenters. The highest BCUT2D eigenvalue weighted by atomic mass is 16.4. The van der Waals surface area contributed by atoms with Gasteiger partial charge in [-0.3, -0.25) is 14.7 Å². The van der Waals surface area contributed by atoms with Crippen molar-refractivity contribution >= 4 is 11.9 Å². The van der Waals surface area contributed by atoms with E-state index in [9.17, 15) is 9.59 Å². The summed E-state index contributed by atoms with van der Waals surface area (Å²) in [5.41, 5.74) is 3.21. The quantitative estimate of drug-likeness (QED) is 0.807. The number of carboxylic acid groups (broad SMARTS) is 1. The van der Waals surface area contributed by atoms with Gasteiger partial charge in [0.15, 0.2) is 0 Å². The van der Waals surface area contributed by atoms with Crippen LogP contribution in [-0.4, -0.2) is 33.2 Å². The second-order valence-corrected chi connectivity index (χ2v) is 6.05. The van der Waals surface area contributed by atoms with Gasteiger partial charge in [-0.1, -0.05) is 29.8 Å². The summed E-state index contributed by atoms with van der Waals surface area (Å²) in [5.74, 6) is -1.39. The van der Waals surface area contributed by atoms with Gasteiger partial charge in [0.05, 0.1) is 11.6 Å². The topological polar surface area (TPSA) is 95.1 Å². The highest BCUT2D eigenvalue weighted by Gasteiger charge is 2.30. The normalized spacial score (nSPS) is 20.4. The van der Waals surface area contributed by atoms with E-state index in [0.29, 0.717) is 30.7 Å². The minimum atomic E-state index is -0.787. The van der Waals surface area contributed by atoms with E-state index >= 15 is 0 Å². The molecule has 3 N–H and O–H groups in total. The van der Waals surface area contributed by atoms with Crippen LogP contribution >= 0.6 is 0 Å². The summed E-state index contributed by atoms with van der Waals surface area (Å²) >= 11 is 0. The number of aliphatic carboxylic acids is 1. The number of amides is 1. The molecule has 120 valence electrons. The van der Waals surface area contributed by atoms with E-state index in [1.807, 2.05) is 31.2 Å². The maximum absolute atomic E-state index is 12.2. The Morgan fingerprint density at radius 2 is 2.00 bits per heavy atom. The average molecular weight is 313 g/mol. The number of benzene rings is 1. The lowest BCUT2D eigenvalue weighted by molar-refractivity contribution is -0.141. The molecule has 1 saturated carbocycles. The van der Waals surface area contributed by atoms with Gasteiger partial charge in [0.25, 0.3) is 5.91 Å². The van der Waals surface area contributed by atoms with Gasteiger partial charge < -0.3 is 10.4 Å². The summed E-state index contributed by atoms with van der Waals surface area (Å²) in [6, 6.07) is 9.53. The highest BCUT2D eigenvalue weighted by Crippen LogP contribution is 2.26. The molecule has 2 atom stereocenters. The number of carboxylic acids is 1. The monoisotopic (exact) mass is 313 g/mol. The van der Waals surface area contributed by atoms with Crippen LogP contribution in [0.25, 0.3) is 11.3 Å². The van der Waals surface area contributed by atoms with Crippen LogP contribution in [0.2, 0.25) is 0 Å². The van der Waals surface area contributed by atoms with Crippen LogP contribution in [-0.2, 0) is 4.79 Å². The Kier molecular flexibility index (Phi) is 4.14. The zero-order valence-electron chi connectivity index (χ0n) is 12.9. The van der Waals surface area contributed by atoms with Crippen LogP contribution in [0.5, 0.6) is 0 Å². The number of H-pyrrole nitrogens is 1. The zero-order valence-corrected chi connectivity index (χ0v) is 12.9. The van der Waals surface area contributed by atoms with Crippen molar-refractivity contribution in [1.82, 2.24) is 15.5 Å². The van der Waals surface area contributed by atoms with Crippen LogP contribution in [0.3, 0.4) is 0 Å². The number of aromatic nitrogens is 2. The third-order valence-corrected chi connectivity index (χ3v) is 4.29. The molecule has 1 aromatic carbocycles. The summed E-state index contributed by atoms with van der Waals surface area (Å²) in [7, 11) is 0. The molecule has 2 aromatic rings. The van der Waals surface area contributed by atoms with E-state index in [-0.39, 0.29) is 17.9 Å². The van der Waals surface area contributed by atoms with Crippen LogP contribution in [0.15, 0.2) is 30.3 Å². The first kappa shape index (κ1) is 15.3. The zero-order chi connectivity index (χ0) is 16.4. The molecular weight excluding hydrogens is 294 g/mol. The molecule has 1 aromatic heterocycles. The SMILES string of the molecule is Cc1ccc(-c2cc(C(=O)N[C@@H]3CC[C@H](C(=O)O)C3)[nH]n2)cc1. The van der Waals surface area contributed by atoms with Crippen molar-refractivity contribution in [3.8, 4) is 11.3 Å². The van der Waals surface area contributed by atoms with Gasteiger partial charge in [-0.05, 0) is 32.3 Å². The number of aromatic amines is 1. The van der Waals surface area contributed by atoms with E-state index in [1.165, 1.54) is 0 Å². The second kappa shape index (κ2) is 6.24. The predicted molar refractivity (Wildman–Crippen MR) is 85.0 cm³/mol. The van der Waals surface area contributed by atoms with Crippen molar-refractivity contribution in [1.29, 1.82) is 0 Å². The molecule has 0 aliphatic heterocycles. The lowest BCUT2D eigenvalue weighted by Gasteiger charge is -2.11. The molecular formula is C17H19N3O3. The summed E-state index contributed by atoms with van der Waals surface area (Å²) in [4.78, 5) is 23.2. The highest BCUT2D eigenvalue weighted by molar-refractivity contribution is 5.93. The van der Waals surface area contributed by atoms with E-state index in [0.717, 1.165) is 11.1 Å². The van der Waals surface area contributed by atoms with Crippen molar-refractivity contribution in [2.45, 2.75) is 32.2 Å². The Hall–Kier alpha value is -2.63. The summed E-state index contributed by atoms with van der Waals surface area (Å²) in [6.07, 6.45) is 1.79. The number of nitrogens with one attached hydrogen (secondary N) is 2. The lowest BCUT2D eigenvalue weighted by atomic mass is 10.1. The third kappa shape index (κ3) is 3.41. The first-order chi connectivity index (χ1) is 11.0. The Morgan fingerprint density at radius 3 is 2.65 bits per heavy atom. The van der Waals surface area contributed by atoms with Gasteiger partial charge in [0, 0.05) is 11.6 Å². The van der Waals surface area contributed by atoms with E-state index in [4.69, 9.17) is 5.11 Å². The molecule has 1 heterocycles. The maximum atomic E-state index is 12.2. The van der Waals surface area contributed by atoms with Gasteiger partial charge >= 0.3 is 5.97 Å². The van der Waals surface area contributed by atoms with Crippen LogP contribution in [0.1, 0.15) is 35.3 Å². The van der Waals surface area contributed by atoms with Crippen LogP contribution in [0.4, 0.5) is 0 Å². The number of hydrogen-bond acceptors (Lipinski definition) is 3. The van der Waals surface area contributed by atoms with Gasteiger partial charge in [-0.15, -0.1) is 0 Å². The maximum Gasteiger partial charge on any atom is 0.306 e. The van der Waals surface area contributed by atoms with Gasteiger partial charge in [0.2, 0.25) is 0 Å². The molecule has 1 aliphatic carbocycles. The molecule has 6 nitrogen and oxygen atoms in total. The number of aryl methyl sites for hydroxylation is 1. The number of hydrogen-bond donors (Lipinski definition) is 3. The Labute approximate surface area is 133 Å². The van der Waals surface area contributed by atoms with Crippen molar-refractivity contribution in [3.63, 3.8) is 0 Å². The average Bonchev–Trinajstić information content (AvgIpc) is 3.17. The smallest absolute Gasteiger partial charge is 0.306 e. The first-order valence-corrected chi connectivity index (χ1v) is 7.69. The largest absolute Gasteiger partial charge is 0.481 e. The Bertz CT molecular complexity index is 721. The molecule has 0 spiro atoms. The van der Waals surface area contributed by atoms with Crippen molar-refractivity contribution in [2.24, 2.45) is 5.92 Å². The van der Waals surface area contributed by atoms with Crippen molar-refractivity contribution < 1.29 is 14.7 Å². The predicted octanol–water partition coefficient (Wildman–Crippen LogP) is 2.37. The molecule has 0 radical (unpaired) electrons. The fourth-order valence-corrected chi connectivity index (χ4v) is 2.91. The third-order valence-electron chi connectivity index (χ3n) is 4.29. The second-order valence-electron chi connectivity index (χ2n) is 6.05. The number of rotatable bonds is 4. The molecule has 3 rings (SSSR count). The van der Waals surface area contributed by atoms with E-state index < -0.39 is 5.97 Å². The minimum Gasteiger partial charge on any atom is -0.481 e. The summed E-state index contributed by atoms with van der Waals surface area (Å²) in [6.45, 7) is 2.01. The van der Waals surface area contributed by atoms with Crippen LogP contribution in [0, 0.1) is 12.8 Å². The van der Waals surface area contributed by atoms with E-state index in [1.54, 1.807) is 6.07 Å². The molecule has 0 bridgehead atoms.